The Hall–Kier alpha value is -0.650. The van der Waals surface area contributed by atoms with Crippen LogP contribution in [-0.2, 0) is 14.6 Å². The fourth-order valence-corrected chi connectivity index (χ4v) is 6.93. The molecule has 0 aromatic carbocycles. The van der Waals surface area contributed by atoms with Crippen LogP contribution in [0.1, 0.15) is 99.3 Å². The zero-order valence-corrected chi connectivity index (χ0v) is 19.3. The Balaban J connectivity index is 1.71. The number of carboxylic acids is 1. The second-order valence-electron chi connectivity index (χ2n) is 11.5. The summed E-state index contributed by atoms with van der Waals surface area (Å²) in [5, 5.41) is 21.3. The minimum Gasteiger partial charge on any atom is -0.481 e. The van der Waals surface area contributed by atoms with E-state index in [1.54, 1.807) is 6.92 Å². The average Bonchev–Trinajstić information content (AvgIpc) is 2.64. The van der Waals surface area contributed by atoms with Gasteiger partial charge in [-0.1, -0.05) is 34.1 Å². The Morgan fingerprint density at radius 3 is 2.34 bits per heavy atom. The molecule has 5 heteroatoms. The number of hydrogen-bond acceptors (Lipinski definition) is 4. The first-order valence-corrected chi connectivity index (χ1v) is 11.6. The van der Waals surface area contributed by atoms with Crippen molar-refractivity contribution in [3.8, 4) is 0 Å². The van der Waals surface area contributed by atoms with Gasteiger partial charge in [-0.15, -0.1) is 0 Å². The maximum absolute atomic E-state index is 12.1. The predicted octanol–water partition coefficient (Wildman–Crippen LogP) is 5.35. The van der Waals surface area contributed by atoms with Crippen molar-refractivity contribution in [1.29, 1.82) is 0 Å². The van der Waals surface area contributed by atoms with E-state index in [0.29, 0.717) is 18.8 Å². The van der Waals surface area contributed by atoms with Gasteiger partial charge in [0.05, 0.1) is 11.5 Å². The number of hydrogen-bond donors (Lipinski definition) is 2. The van der Waals surface area contributed by atoms with Crippen LogP contribution >= 0.6 is 0 Å². The molecule has 2 aliphatic carbocycles. The molecule has 3 fully saturated rings. The highest BCUT2D eigenvalue weighted by molar-refractivity contribution is 5.70. The SMILES string of the molecule is CC1CCC2C(C)(C)CCC[C@]2(C)[C@@]1(O)CC[C@]1(C)CC[C@@H]([C@H](C)C(=O)O)OO1. The van der Waals surface area contributed by atoms with Crippen molar-refractivity contribution in [3.05, 3.63) is 0 Å². The number of fused-ring (bicyclic) bond motifs is 1. The fraction of sp³-hybridized carbons (Fsp3) is 0.958. The summed E-state index contributed by atoms with van der Waals surface area (Å²) in [4.78, 5) is 22.5. The second kappa shape index (κ2) is 7.80. The van der Waals surface area contributed by atoms with Gasteiger partial charge in [0.1, 0.15) is 11.7 Å². The zero-order valence-electron chi connectivity index (χ0n) is 19.3. The van der Waals surface area contributed by atoms with Crippen LogP contribution in [0.3, 0.4) is 0 Å². The Morgan fingerprint density at radius 2 is 1.76 bits per heavy atom. The molecule has 3 aliphatic rings. The molecule has 29 heavy (non-hydrogen) atoms. The van der Waals surface area contributed by atoms with Crippen LogP contribution in [0.5, 0.6) is 0 Å². The average molecular weight is 411 g/mol. The minimum atomic E-state index is -0.855. The van der Waals surface area contributed by atoms with Crippen LogP contribution < -0.4 is 0 Å². The van der Waals surface area contributed by atoms with E-state index >= 15 is 0 Å². The molecule has 5 nitrogen and oxygen atoms in total. The third kappa shape index (κ3) is 3.99. The summed E-state index contributed by atoms with van der Waals surface area (Å²) in [6, 6.07) is 0. The fourth-order valence-electron chi connectivity index (χ4n) is 6.93. The summed E-state index contributed by atoms with van der Waals surface area (Å²) < 4.78 is 0. The van der Waals surface area contributed by atoms with Gasteiger partial charge in [-0.3, -0.25) is 4.79 Å². The molecule has 0 amide bonds. The van der Waals surface area contributed by atoms with Crippen LogP contribution in [-0.4, -0.2) is 33.5 Å². The van der Waals surface area contributed by atoms with Crippen molar-refractivity contribution in [2.75, 3.05) is 0 Å². The molecule has 1 aliphatic heterocycles. The summed E-state index contributed by atoms with van der Waals surface area (Å²) in [5.41, 5.74) is -0.975. The Morgan fingerprint density at radius 1 is 1.07 bits per heavy atom. The molecular formula is C24H42O5. The molecule has 0 spiro atoms. The molecule has 0 radical (unpaired) electrons. The smallest absolute Gasteiger partial charge is 0.308 e. The van der Waals surface area contributed by atoms with Crippen LogP contribution in [0.2, 0.25) is 0 Å². The van der Waals surface area contributed by atoms with Crippen LogP contribution in [0, 0.1) is 28.6 Å². The van der Waals surface area contributed by atoms with Crippen LogP contribution in [0.25, 0.3) is 0 Å². The van der Waals surface area contributed by atoms with Crippen molar-refractivity contribution in [3.63, 3.8) is 0 Å². The van der Waals surface area contributed by atoms with Gasteiger partial charge >= 0.3 is 5.97 Å². The van der Waals surface area contributed by atoms with Gasteiger partial charge in [0.2, 0.25) is 0 Å². The Labute approximate surface area is 176 Å². The minimum absolute atomic E-state index is 0.0708. The van der Waals surface area contributed by atoms with Gasteiger partial charge in [0.15, 0.2) is 0 Å². The molecule has 2 unspecified atom stereocenters. The normalized spacial score (nSPS) is 46.0. The van der Waals surface area contributed by atoms with E-state index in [0.717, 1.165) is 25.7 Å². The van der Waals surface area contributed by atoms with E-state index < -0.39 is 29.2 Å². The van der Waals surface area contributed by atoms with Crippen molar-refractivity contribution in [2.24, 2.45) is 28.6 Å². The molecule has 3 rings (SSSR count). The molecule has 2 N–H and O–H groups in total. The lowest BCUT2D eigenvalue weighted by Gasteiger charge is -2.63. The molecule has 168 valence electrons. The molecule has 1 saturated heterocycles. The first-order valence-electron chi connectivity index (χ1n) is 11.6. The molecule has 0 bridgehead atoms. The topological polar surface area (TPSA) is 76.0 Å². The van der Waals surface area contributed by atoms with Gasteiger partial charge in [-0.2, -0.15) is 0 Å². The zero-order chi connectivity index (χ0) is 21.7. The molecule has 0 aromatic rings. The summed E-state index contributed by atoms with van der Waals surface area (Å²) in [6.45, 7) is 13.0. The highest BCUT2D eigenvalue weighted by Crippen LogP contribution is 2.64. The highest BCUT2D eigenvalue weighted by atomic mass is 17.2. The number of aliphatic carboxylic acids is 1. The maximum atomic E-state index is 12.1. The van der Waals surface area contributed by atoms with Crippen LogP contribution in [0.4, 0.5) is 0 Å². The number of carbonyl (C=O) groups is 1. The molecule has 0 aromatic heterocycles. The third-order valence-electron chi connectivity index (χ3n) is 9.24. The monoisotopic (exact) mass is 410 g/mol. The lowest BCUT2D eigenvalue weighted by Crippen LogP contribution is -2.62. The van der Waals surface area contributed by atoms with Gasteiger partial charge in [0, 0.05) is 0 Å². The summed E-state index contributed by atoms with van der Waals surface area (Å²) in [5.74, 6) is -0.620. The number of aliphatic hydroxyl groups is 1. The predicted molar refractivity (Wildman–Crippen MR) is 112 cm³/mol. The van der Waals surface area contributed by atoms with E-state index in [4.69, 9.17) is 9.78 Å². The van der Waals surface area contributed by atoms with E-state index in [-0.39, 0.29) is 16.7 Å². The van der Waals surface area contributed by atoms with Crippen molar-refractivity contribution < 1.29 is 24.8 Å². The summed E-state index contributed by atoms with van der Waals surface area (Å²) >= 11 is 0. The molecular weight excluding hydrogens is 368 g/mol. The largest absolute Gasteiger partial charge is 0.481 e. The number of carboxylic acid groups (broad SMARTS) is 1. The summed E-state index contributed by atoms with van der Waals surface area (Å²) in [7, 11) is 0. The van der Waals surface area contributed by atoms with E-state index in [9.17, 15) is 15.0 Å². The van der Waals surface area contributed by atoms with Crippen LogP contribution in [0.15, 0.2) is 0 Å². The third-order valence-corrected chi connectivity index (χ3v) is 9.24. The molecule has 1 heterocycles. The first-order chi connectivity index (χ1) is 13.3. The van der Waals surface area contributed by atoms with Crippen molar-refractivity contribution in [2.45, 2.75) is 117 Å². The molecule has 7 atom stereocenters. The van der Waals surface area contributed by atoms with Gasteiger partial charge in [-0.25, -0.2) is 9.78 Å². The Kier molecular flexibility index (Phi) is 6.19. The number of rotatable bonds is 5. The standard InChI is InChI=1S/C24H42O5/c1-16-8-9-19-21(3,4)11-7-12-23(19,6)24(16,27)15-14-22(5)13-10-18(28-29-22)17(2)20(25)26/h16-19,27H,7-15H2,1-6H3,(H,25,26)/t16?,17-,18-,19?,22-,23-,24+/m0/s1. The Bertz CT molecular complexity index is 608. The second-order valence-corrected chi connectivity index (χ2v) is 11.5. The maximum Gasteiger partial charge on any atom is 0.308 e. The van der Waals surface area contributed by atoms with E-state index in [2.05, 4.69) is 27.7 Å². The first kappa shape index (κ1) is 23.0. The van der Waals surface area contributed by atoms with Gasteiger partial charge in [0.25, 0.3) is 0 Å². The van der Waals surface area contributed by atoms with E-state index in [1.807, 2.05) is 6.92 Å². The quantitative estimate of drug-likeness (QED) is 0.598. The molecule has 2 saturated carbocycles. The van der Waals surface area contributed by atoms with Crippen molar-refractivity contribution in [1.82, 2.24) is 0 Å². The lowest BCUT2D eigenvalue weighted by atomic mass is 9.44. The lowest BCUT2D eigenvalue weighted by molar-refractivity contribution is -0.412. The van der Waals surface area contributed by atoms with Gasteiger partial charge in [-0.05, 0) is 87.9 Å². The summed E-state index contributed by atoms with van der Waals surface area (Å²) in [6.07, 6.45) is 8.26. The van der Waals surface area contributed by atoms with Gasteiger partial charge < -0.3 is 10.2 Å². The van der Waals surface area contributed by atoms with E-state index in [1.165, 1.54) is 19.3 Å². The highest BCUT2D eigenvalue weighted by Gasteiger charge is 2.61. The van der Waals surface area contributed by atoms with Crippen molar-refractivity contribution >= 4 is 5.97 Å².